The number of hydrogen-bond donors (Lipinski definition) is 3. The first-order valence-electron chi connectivity index (χ1n) is 12.2. The average molecular weight is 547 g/mol. The molecule has 3 aromatic carbocycles. The Labute approximate surface area is 231 Å². The molecule has 0 radical (unpaired) electrons. The molecule has 3 amide bonds. The van der Waals surface area contributed by atoms with Crippen molar-refractivity contribution in [2.24, 2.45) is 5.10 Å². The molecule has 0 fully saturated rings. The highest BCUT2D eigenvalue weighted by molar-refractivity contribution is 6.39. The molecule has 11 heteroatoms. The van der Waals surface area contributed by atoms with Gasteiger partial charge in [0.05, 0.1) is 19.9 Å². The van der Waals surface area contributed by atoms with Gasteiger partial charge < -0.3 is 29.6 Å². The monoisotopic (exact) mass is 546 g/mol. The first kappa shape index (κ1) is 29.2. The Morgan fingerprint density at radius 1 is 0.850 bits per heavy atom. The number of ether oxygens (including phenoxy) is 4. The second kappa shape index (κ2) is 15.2. The fraction of sp³-hybridized carbons (Fsp3) is 0.172. The van der Waals surface area contributed by atoms with Gasteiger partial charge in [-0.2, -0.15) is 5.10 Å². The van der Waals surface area contributed by atoms with Crippen LogP contribution in [0.3, 0.4) is 0 Å². The van der Waals surface area contributed by atoms with Crippen LogP contribution in [-0.4, -0.2) is 50.9 Å². The van der Waals surface area contributed by atoms with Gasteiger partial charge in [-0.05, 0) is 67.1 Å². The van der Waals surface area contributed by atoms with Crippen LogP contribution in [0.15, 0.2) is 84.5 Å². The Morgan fingerprint density at radius 3 is 2.38 bits per heavy atom. The molecule has 0 saturated heterocycles. The van der Waals surface area contributed by atoms with Crippen molar-refractivity contribution in [1.82, 2.24) is 5.43 Å². The Bertz CT molecular complexity index is 1360. The lowest BCUT2D eigenvalue weighted by molar-refractivity contribution is -0.136. The van der Waals surface area contributed by atoms with E-state index in [1.54, 1.807) is 86.8 Å². The number of amides is 3. The van der Waals surface area contributed by atoms with Gasteiger partial charge in [-0.1, -0.05) is 18.7 Å². The highest BCUT2D eigenvalue weighted by atomic mass is 16.5. The second-order valence-corrected chi connectivity index (χ2v) is 7.99. The van der Waals surface area contributed by atoms with Crippen LogP contribution in [0, 0.1) is 0 Å². The zero-order valence-corrected chi connectivity index (χ0v) is 22.1. The lowest BCUT2D eigenvalue weighted by Gasteiger charge is -2.13. The zero-order valence-electron chi connectivity index (χ0n) is 22.1. The van der Waals surface area contributed by atoms with E-state index in [0.717, 1.165) is 0 Å². The van der Waals surface area contributed by atoms with Crippen LogP contribution in [0.5, 0.6) is 23.0 Å². The van der Waals surface area contributed by atoms with Crippen molar-refractivity contribution in [2.45, 2.75) is 6.92 Å². The van der Waals surface area contributed by atoms with Crippen molar-refractivity contribution in [3.8, 4) is 23.0 Å². The Hall–Kier alpha value is -5.32. The second-order valence-electron chi connectivity index (χ2n) is 7.99. The molecule has 3 N–H and O–H groups in total. The summed E-state index contributed by atoms with van der Waals surface area (Å²) >= 11 is 0. The smallest absolute Gasteiger partial charge is 0.329 e. The van der Waals surface area contributed by atoms with Gasteiger partial charge in [0.15, 0.2) is 18.1 Å². The number of carbonyl (C=O) groups is 3. The van der Waals surface area contributed by atoms with Crippen molar-refractivity contribution in [2.75, 3.05) is 37.6 Å². The summed E-state index contributed by atoms with van der Waals surface area (Å²) in [6.45, 7) is 5.84. The molecular formula is C29H30N4O7. The number of nitrogens with zero attached hydrogens (tertiary/aromatic N) is 1. The molecule has 0 saturated carbocycles. The van der Waals surface area contributed by atoms with Gasteiger partial charge in [-0.25, -0.2) is 5.43 Å². The quantitative estimate of drug-likeness (QED) is 0.129. The van der Waals surface area contributed by atoms with Gasteiger partial charge in [-0.15, -0.1) is 0 Å². The van der Waals surface area contributed by atoms with Crippen LogP contribution < -0.4 is 35.0 Å². The average Bonchev–Trinajstić information content (AvgIpc) is 2.96. The molecule has 0 unspecified atom stereocenters. The summed E-state index contributed by atoms with van der Waals surface area (Å²) in [4.78, 5) is 36.6. The van der Waals surface area contributed by atoms with Gasteiger partial charge in [0.25, 0.3) is 5.91 Å². The summed E-state index contributed by atoms with van der Waals surface area (Å²) in [5, 5.41) is 9.04. The van der Waals surface area contributed by atoms with E-state index in [1.165, 1.54) is 6.21 Å². The standard InChI is InChI=1S/C29H30N4O7/c1-4-15-39-23-12-10-21(11-13-23)32-28(35)29(36)33-30-18-20-9-14-25(26(16-20)38-5-2)40-19-27(34)31-22-7-6-8-24(17-22)37-3/h4,6-14,16-18H,1,5,15,19H2,2-3H3,(H,31,34)(H,32,35)(H,33,36)/b30-18-. The van der Waals surface area contributed by atoms with Crippen LogP contribution in [0.1, 0.15) is 12.5 Å². The minimum Gasteiger partial charge on any atom is -0.497 e. The van der Waals surface area contributed by atoms with E-state index in [9.17, 15) is 14.4 Å². The van der Waals surface area contributed by atoms with Gasteiger partial charge in [0, 0.05) is 17.4 Å². The normalized spacial score (nSPS) is 10.3. The summed E-state index contributed by atoms with van der Waals surface area (Å²) in [6.07, 6.45) is 2.96. The molecule has 0 bridgehead atoms. The van der Waals surface area contributed by atoms with Crippen LogP contribution in [0.2, 0.25) is 0 Å². The van der Waals surface area contributed by atoms with Crippen LogP contribution in [0.4, 0.5) is 11.4 Å². The molecule has 3 rings (SSSR count). The lowest BCUT2D eigenvalue weighted by atomic mass is 10.2. The maximum Gasteiger partial charge on any atom is 0.329 e. The number of hydrogen-bond acceptors (Lipinski definition) is 8. The van der Waals surface area contributed by atoms with Crippen molar-refractivity contribution >= 4 is 35.3 Å². The third-order valence-electron chi connectivity index (χ3n) is 5.05. The third-order valence-corrected chi connectivity index (χ3v) is 5.05. The van der Waals surface area contributed by atoms with Gasteiger partial charge in [0.2, 0.25) is 0 Å². The number of nitrogens with one attached hydrogen (secondary N) is 3. The Morgan fingerprint density at radius 2 is 1.65 bits per heavy atom. The molecule has 0 aliphatic rings. The van der Waals surface area contributed by atoms with Gasteiger partial charge >= 0.3 is 11.8 Å². The van der Waals surface area contributed by atoms with Crippen molar-refractivity contribution in [3.05, 3.63) is 84.9 Å². The number of anilines is 2. The van der Waals surface area contributed by atoms with E-state index in [1.807, 2.05) is 0 Å². The number of hydrazone groups is 1. The van der Waals surface area contributed by atoms with E-state index < -0.39 is 11.8 Å². The highest BCUT2D eigenvalue weighted by Gasteiger charge is 2.13. The van der Waals surface area contributed by atoms with Gasteiger partial charge in [0.1, 0.15) is 18.1 Å². The molecule has 11 nitrogen and oxygen atoms in total. The van der Waals surface area contributed by atoms with Crippen LogP contribution in [0.25, 0.3) is 0 Å². The van der Waals surface area contributed by atoms with E-state index in [-0.39, 0.29) is 12.5 Å². The van der Waals surface area contributed by atoms with E-state index in [2.05, 4.69) is 27.7 Å². The predicted octanol–water partition coefficient (Wildman–Crippen LogP) is 3.77. The lowest BCUT2D eigenvalue weighted by Crippen LogP contribution is -2.32. The van der Waals surface area contributed by atoms with Crippen LogP contribution >= 0.6 is 0 Å². The number of rotatable bonds is 13. The third kappa shape index (κ3) is 9.21. The summed E-state index contributed by atoms with van der Waals surface area (Å²) in [5.74, 6) is -0.246. The van der Waals surface area contributed by atoms with Gasteiger partial charge in [-0.3, -0.25) is 14.4 Å². The van der Waals surface area contributed by atoms with E-state index >= 15 is 0 Å². The Kier molecular flexibility index (Phi) is 11.1. The zero-order chi connectivity index (χ0) is 28.7. The maximum atomic E-state index is 12.3. The molecule has 40 heavy (non-hydrogen) atoms. The van der Waals surface area contributed by atoms with Crippen molar-refractivity contribution in [1.29, 1.82) is 0 Å². The SMILES string of the molecule is C=CCOc1ccc(NC(=O)C(=O)N/N=C\c2ccc(OCC(=O)Nc3cccc(OC)c3)c(OCC)c2)cc1. The molecule has 0 aliphatic carbocycles. The summed E-state index contributed by atoms with van der Waals surface area (Å²) in [5.41, 5.74) is 3.74. The Balaban J connectivity index is 1.52. The molecule has 0 aromatic heterocycles. The van der Waals surface area contributed by atoms with E-state index in [4.69, 9.17) is 18.9 Å². The molecule has 0 heterocycles. The minimum atomic E-state index is -0.949. The summed E-state index contributed by atoms with van der Waals surface area (Å²) in [6, 6.07) is 18.4. The topological polar surface area (TPSA) is 137 Å². The van der Waals surface area contributed by atoms with Crippen molar-refractivity contribution < 1.29 is 33.3 Å². The molecule has 208 valence electrons. The van der Waals surface area contributed by atoms with Crippen molar-refractivity contribution in [3.63, 3.8) is 0 Å². The minimum absolute atomic E-state index is 0.250. The molecule has 0 aliphatic heterocycles. The summed E-state index contributed by atoms with van der Waals surface area (Å²) < 4.78 is 21.8. The number of carbonyl (C=O) groups excluding carboxylic acids is 3. The largest absolute Gasteiger partial charge is 0.497 e. The van der Waals surface area contributed by atoms with Crippen LogP contribution in [-0.2, 0) is 14.4 Å². The fourth-order valence-corrected chi connectivity index (χ4v) is 3.23. The molecular weight excluding hydrogens is 516 g/mol. The number of benzene rings is 3. The maximum absolute atomic E-state index is 12.3. The fourth-order valence-electron chi connectivity index (χ4n) is 3.23. The molecule has 3 aromatic rings. The molecule has 0 spiro atoms. The first-order valence-corrected chi connectivity index (χ1v) is 12.2. The molecule has 0 atom stereocenters. The summed E-state index contributed by atoms with van der Waals surface area (Å²) in [7, 11) is 1.54. The first-order chi connectivity index (χ1) is 19.4. The number of methoxy groups -OCH3 is 1. The van der Waals surface area contributed by atoms with E-state index in [0.29, 0.717) is 53.2 Å². The predicted molar refractivity (Wildman–Crippen MR) is 151 cm³/mol. The highest BCUT2D eigenvalue weighted by Crippen LogP contribution is 2.28.